The second-order valence-corrected chi connectivity index (χ2v) is 13.7. The summed E-state index contributed by atoms with van der Waals surface area (Å²) >= 11 is 0. The topological polar surface area (TPSA) is 76.1 Å². The lowest BCUT2D eigenvalue weighted by atomic mass is 10.0. The molecule has 9 nitrogen and oxygen atoms in total. The van der Waals surface area contributed by atoms with Crippen LogP contribution in [0.15, 0.2) is 146 Å². The Labute approximate surface area is 313 Å². The van der Waals surface area contributed by atoms with Gasteiger partial charge in [0.05, 0.1) is 0 Å². The van der Waals surface area contributed by atoms with Gasteiger partial charge in [0.2, 0.25) is 0 Å². The summed E-state index contributed by atoms with van der Waals surface area (Å²) in [7, 11) is 0. The third-order valence-electron chi connectivity index (χ3n) is 10.2. The van der Waals surface area contributed by atoms with Gasteiger partial charge in [0.15, 0.2) is 37.7 Å². The van der Waals surface area contributed by atoms with Crippen LogP contribution in [0.5, 0.6) is 17.2 Å². The number of fused-ring (bicyclic) bond motifs is 3. The lowest BCUT2D eigenvalue weighted by Gasteiger charge is -2.31. The second-order valence-electron chi connectivity index (χ2n) is 13.7. The van der Waals surface area contributed by atoms with Gasteiger partial charge in [-0.15, -0.1) is 0 Å². The average Bonchev–Trinajstić information content (AvgIpc) is 3.26. The summed E-state index contributed by atoms with van der Waals surface area (Å²) in [6, 6.07) is 49.6. The highest BCUT2D eigenvalue weighted by Gasteiger charge is 2.24. The molecule has 1 aromatic heterocycles. The number of benzene rings is 6. The molecule has 0 saturated carbocycles. The van der Waals surface area contributed by atoms with Gasteiger partial charge in [-0.1, -0.05) is 54.6 Å². The molecule has 0 aliphatic carbocycles. The fourth-order valence-corrected chi connectivity index (χ4v) is 7.32. The smallest absolute Gasteiger partial charge is 0.164 e. The van der Waals surface area contributed by atoms with E-state index in [0.29, 0.717) is 57.3 Å². The van der Waals surface area contributed by atoms with Crippen LogP contribution < -0.4 is 28.9 Å². The Hall–Kier alpha value is -6.87. The molecule has 3 aliphatic rings. The molecule has 6 aromatic carbocycles. The van der Waals surface area contributed by atoms with Crippen molar-refractivity contribution in [1.29, 1.82) is 0 Å². The van der Waals surface area contributed by atoms with E-state index in [2.05, 4.69) is 69.3 Å². The molecule has 0 atom stereocenters. The first-order valence-corrected chi connectivity index (χ1v) is 18.1. The van der Waals surface area contributed by atoms with Gasteiger partial charge in [-0.2, -0.15) is 0 Å². The molecule has 3 aliphatic heterocycles. The van der Waals surface area contributed by atoms with Crippen molar-refractivity contribution in [2.75, 3.05) is 34.9 Å². The molecular formula is C45H36N6O3. The molecule has 54 heavy (non-hydrogen) atoms. The second kappa shape index (κ2) is 13.6. The van der Waals surface area contributed by atoms with E-state index in [9.17, 15) is 0 Å². The van der Waals surface area contributed by atoms with E-state index in [1.54, 1.807) is 0 Å². The van der Waals surface area contributed by atoms with Crippen LogP contribution in [0, 0.1) is 0 Å². The zero-order valence-electron chi connectivity index (χ0n) is 29.5. The monoisotopic (exact) mass is 708 g/mol. The summed E-state index contributed by atoms with van der Waals surface area (Å²) in [4.78, 5) is 22.0. The largest absolute Gasteiger partial charge is 0.473 e. The third-order valence-corrected chi connectivity index (χ3v) is 10.2. The Kier molecular flexibility index (Phi) is 8.01. The SMILES string of the molecule is c1ccc(N2COc3ccc(-c4nc(-c5ccc6c(c5)CN(c5ccccc5)CO6)nc(-c5ccc6c(c5)CN(c5ccccc5)CO6)n4)cc3C2)cc1. The standard InChI is InChI=1S/C45H36N6O3/c1-4-10-37(11-5-1)49-25-34-22-31(16-19-40(34)52-28-49)43-46-44(32-17-20-41-35(23-32)26-50(29-53-41)38-12-6-2-7-13-38)48-45(47-43)33-18-21-42-36(24-33)27-51(30-54-42)39-14-8-3-9-15-39/h1-24H,25-30H2. The summed E-state index contributed by atoms with van der Waals surface area (Å²) in [6.45, 7) is 3.61. The lowest BCUT2D eigenvalue weighted by Crippen LogP contribution is -2.31. The Morgan fingerprint density at radius 3 is 0.944 bits per heavy atom. The summed E-state index contributed by atoms with van der Waals surface area (Å²) in [6.07, 6.45) is 0. The van der Waals surface area contributed by atoms with Crippen molar-refractivity contribution in [3.8, 4) is 51.4 Å². The number of hydrogen-bond acceptors (Lipinski definition) is 9. The van der Waals surface area contributed by atoms with Crippen molar-refractivity contribution in [1.82, 2.24) is 15.0 Å². The number of ether oxygens (including phenoxy) is 3. The molecule has 0 radical (unpaired) electrons. The Morgan fingerprint density at radius 1 is 0.352 bits per heavy atom. The zero-order valence-corrected chi connectivity index (χ0v) is 29.5. The highest BCUT2D eigenvalue weighted by molar-refractivity contribution is 5.70. The van der Waals surface area contributed by atoms with Crippen molar-refractivity contribution in [2.24, 2.45) is 0 Å². The van der Waals surface area contributed by atoms with Gasteiger partial charge in [0, 0.05) is 70.1 Å². The molecule has 0 bridgehead atoms. The maximum absolute atomic E-state index is 6.20. The molecule has 0 spiro atoms. The minimum atomic E-state index is 0.490. The van der Waals surface area contributed by atoms with Crippen LogP contribution in [-0.2, 0) is 19.6 Å². The highest BCUT2D eigenvalue weighted by Crippen LogP contribution is 2.36. The predicted octanol–water partition coefficient (Wildman–Crippen LogP) is 8.94. The van der Waals surface area contributed by atoms with Crippen LogP contribution >= 0.6 is 0 Å². The molecule has 0 unspecified atom stereocenters. The molecule has 264 valence electrons. The fraction of sp³-hybridized carbons (Fsp3) is 0.133. The van der Waals surface area contributed by atoms with Crippen LogP contribution in [0.1, 0.15) is 16.7 Å². The van der Waals surface area contributed by atoms with Gasteiger partial charge in [0.25, 0.3) is 0 Å². The van der Waals surface area contributed by atoms with Gasteiger partial charge in [-0.05, 0) is 91.0 Å². The Balaban J connectivity index is 1.04. The van der Waals surface area contributed by atoms with Gasteiger partial charge < -0.3 is 28.9 Å². The van der Waals surface area contributed by atoms with Crippen molar-refractivity contribution in [3.05, 3.63) is 162 Å². The zero-order chi connectivity index (χ0) is 35.8. The minimum Gasteiger partial charge on any atom is -0.473 e. The summed E-state index contributed by atoms with van der Waals surface area (Å²) in [5.41, 5.74) is 9.24. The Bertz CT molecular complexity index is 2180. The van der Waals surface area contributed by atoms with Crippen LogP contribution in [0.4, 0.5) is 17.1 Å². The minimum absolute atomic E-state index is 0.490. The Morgan fingerprint density at radius 2 is 0.648 bits per heavy atom. The number of para-hydroxylation sites is 3. The van der Waals surface area contributed by atoms with Crippen molar-refractivity contribution < 1.29 is 14.2 Å². The summed E-state index contributed by atoms with van der Waals surface area (Å²) < 4.78 is 18.6. The molecular weight excluding hydrogens is 673 g/mol. The van der Waals surface area contributed by atoms with Crippen molar-refractivity contribution in [2.45, 2.75) is 19.6 Å². The van der Waals surface area contributed by atoms with E-state index in [1.165, 1.54) is 0 Å². The van der Waals surface area contributed by atoms with Crippen LogP contribution in [0.25, 0.3) is 34.2 Å². The van der Waals surface area contributed by atoms with Gasteiger partial charge in [-0.3, -0.25) is 0 Å². The molecule has 0 saturated heterocycles. The number of rotatable bonds is 6. The van der Waals surface area contributed by atoms with Gasteiger partial charge in [-0.25, -0.2) is 15.0 Å². The summed E-state index contributed by atoms with van der Waals surface area (Å²) in [5.74, 6) is 4.39. The van der Waals surface area contributed by atoms with E-state index in [-0.39, 0.29) is 0 Å². The van der Waals surface area contributed by atoms with Crippen molar-refractivity contribution >= 4 is 17.1 Å². The molecule has 9 heteroatoms. The van der Waals surface area contributed by atoms with E-state index in [1.807, 2.05) is 91.0 Å². The number of anilines is 3. The maximum atomic E-state index is 6.20. The maximum Gasteiger partial charge on any atom is 0.164 e. The first kappa shape index (κ1) is 31.8. The van der Waals surface area contributed by atoms with Gasteiger partial charge in [0.1, 0.15) is 17.2 Å². The predicted molar refractivity (Wildman–Crippen MR) is 210 cm³/mol. The van der Waals surface area contributed by atoms with E-state index < -0.39 is 0 Å². The molecule has 0 amide bonds. The summed E-state index contributed by atoms with van der Waals surface area (Å²) in [5, 5.41) is 0. The first-order chi connectivity index (χ1) is 26.7. The van der Waals surface area contributed by atoms with E-state index in [4.69, 9.17) is 29.2 Å². The molecule has 7 aromatic rings. The number of hydrogen-bond donors (Lipinski definition) is 0. The molecule has 0 fully saturated rings. The van der Waals surface area contributed by atoms with Crippen LogP contribution in [-0.4, -0.2) is 35.1 Å². The number of aromatic nitrogens is 3. The van der Waals surface area contributed by atoms with E-state index in [0.717, 1.165) is 67.7 Å². The number of nitrogens with zero attached hydrogens (tertiary/aromatic N) is 6. The first-order valence-electron chi connectivity index (χ1n) is 18.1. The highest BCUT2D eigenvalue weighted by atomic mass is 16.5. The average molecular weight is 709 g/mol. The van der Waals surface area contributed by atoms with Crippen molar-refractivity contribution in [3.63, 3.8) is 0 Å². The molecule has 10 rings (SSSR count). The van der Waals surface area contributed by atoms with Gasteiger partial charge >= 0.3 is 0 Å². The quantitative estimate of drug-likeness (QED) is 0.168. The van der Waals surface area contributed by atoms with E-state index >= 15 is 0 Å². The third kappa shape index (κ3) is 6.19. The lowest BCUT2D eigenvalue weighted by molar-refractivity contribution is 0.289. The molecule has 4 heterocycles. The van der Waals surface area contributed by atoms with Crippen LogP contribution in [0.3, 0.4) is 0 Å². The fourth-order valence-electron chi connectivity index (χ4n) is 7.32. The molecule has 0 N–H and O–H groups in total. The van der Waals surface area contributed by atoms with Crippen LogP contribution in [0.2, 0.25) is 0 Å². The normalized spacial score (nSPS) is 14.6.